The molecule has 16 heavy (non-hydrogen) atoms. The van der Waals surface area contributed by atoms with Gasteiger partial charge >= 0.3 is 6.09 Å². The normalized spacial score (nSPS) is 25.4. The Morgan fingerprint density at radius 2 is 2.19 bits per heavy atom. The Morgan fingerprint density at radius 1 is 1.50 bits per heavy atom. The lowest BCUT2D eigenvalue weighted by Gasteiger charge is -2.33. The highest BCUT2D eigenvalue weighted by atomic mass is 35.5. The summed E-state index contributed by atoms with van der Waals surface area (Å²) in [5, 5.41) is 10.3. The van der Waals surface area contributed by atoms with Crippen molar-refractivity contribution in [1.82, 2.24) is 4.90 Å². The fraction of sp³-hybridized carbons (Fsp3) is 0.364. The zero-order chi connectivity index (χ0) is 11.7. The Balaban J connectivity index is 2.28. The van der Waals surface area contributed by atoms with Crippen LogP contribution in [0.5, 0.6) is 0 Å². The van der Waals surface area contributed by atoms with E-state index >= 15 is 0 Å². The minimum Gasteiger partial charge on any atom is -0.438 e. The third-order valence-corrected chi connectivity index (χ3v) is 2.91. The molecule has 1 aliphatic heterocycles. The van der Waals surface area contributed by atoms with Crippen LogP contribution in [0, 0.1) is 0 Å². The molecule has 2 unspecified atom stereocenters. The second-order valence-corrected chi connectivity index (χ2v) is 4.18. The van der Waals surface area contributed by atoms with E-state index in [9.17, 15) is 9.90 Å². The molecule has 2 rings (SSSR count). The average Bonchev–Trinajstić information content (AvgIpc) is 2.25. The van der Waals surface area contributed by atoms with Gasteiger partial charge in [-0.2, -0.15) is 0 Å². The van der Waals surface area contributed by atoms with Crippen molar-refractivity contribution < 1.29 is 14.6 Å². The number of aliphatic hydroxyl groups is 1. The van der Waals surface area contributed by atoms with E-state index in [4.69, 9.17) is 16.3 Å². The van der Waals surface area contributed by atoms with Crippen LogP contribution >= 0.6 is 11.6 Å². The number of carbonyl (C=O) groups excluding carboxylic acids is 1. The lowest BCUT2D eigenvalue weighted by Crippen LogP contribution is -2.45. The number of amides is 1. The summed E-state index contributed by atoms with van der Waals surface area (Å²) >= 11 is 5.99. The molecule has 1 saturated heterocycles. The fourth-order valence-corrected chi connectivity index (χ4v) is 1.95. The Bertz CT molecular complexity index is 410. The predicted molar refractivity (Wildman–Crippen MR) is 59.3 cm³/mol. The van der Waals surface area contributed by atoms with Crippen molar-refractivity contribution >= 4 is 17.7 Å². The second kappa shape index (κ2) is 4.31. The standard InChI is InChI=1S/C11H12ClNO3/c1-13-6-9(14)10(16-11(13)15)7-4-2-3-5-8(7)12/h2-5,9-10,14H,6H2,1H3. The van der Waals surface area contributed by atoms with Crippen LogP contribution in [0.2, 0.25) is 5.02 Å². The van der Waals surface area contributed by atoms with Crippen molar-refractivity contribution in [3.05, 3.63) is 34.9 Å². The smallest absolute Gasteiger partial charge is 0.410 e. The van der Waals surface area contributed by atoms with Crippen molar-refractivity contribution in [3.63, 3.8) is 0 Å². The van der Waals surface area contributed by atoms with Crippen molar-refractivity contribution in [3.8, 4) is 0 Å². The highest BCUT2D eigenvalue weighted by Gasteiger charge is 2.34. The van der Waals surface area contributed by atoms with Gasteiger partial charge in [0.25, 0.3) is 0 Å². The van der Waals surface area contributed by atoms with Crippen LogP contribution in [0.4, 0.5) is 4.79 Å². The minimum atomic E-state index is -0.761. The topological polar surface area (TPSA) is 49.8 Å². The van der Waals surface area contributed by atoms with E-state index in [1.54, 1.807) is 31.3 Å². The minimum absolute atomic E-state index is 0.245. The molecule has 4 nitrogen and oxygen atoms in total. The molecule has 1 amide bonds. The molecule has 86 valence electrons. The van der Waals surface area contributed by atoms with Gasteiger partial charge in [-0.15, -0.1) is 0 Å². The lowest BCUT2D eigenvalue weighted by atomic mass is 10.0. The fourth-order valence-electron chi connectivity index (χ4n) is 1.70. The van der Waals surface area contributed by atoms with E-state index in [0.29, 0.717) is 10.6 Å². The molecule has 2 atom stereocenters. The van der Waals surface area contributed by atoms with Gasteiger partial charge in [0, 0.05) is 17.6 Å². The molecule has 0 radical (unpaired) electrons. The van der Waals surface area contributed by atoms with Crippen LogP contribution in [0.1, 0.15) is 11.7 Å². The van der Waals surface area contributed by atoms with Crippen molar-refractivity contribution in [2.75, 3.05) is 13.6 Å². The van der Waals surface area contributed by atoms with Gasteiger partial charge < -0.3 is 14.7 Å². The zero-order valence-corrected chi connectivity index (χ0v) is 9.52. The molecule has 1 fully saturated rings. The number of β-amino-alcohol motifs (C(OH)–C–C–N with tert-alkyl or cyclic N) is 1. The largest absolute Gasteiger partial charge is 0.438 e. The highest BCUT2D eigenvalue weighted by molar-refractivity contribution is 6.31. The molecule has 1 N–H and O–H groups in total. The molecule has 0 spiro atoms. The summed E-state index contributed by atoms with van der Waals surface area (Å²) in [6, 6.07) is 7.03. The van der Waals surface area contributed by atoms with Crippen LogP contribution in [-0.4, -0.2) is 35.8 Å². The van der Waals surface area contributed by atoms with E-state index in [0.717, 1.165) is 0 Å². The van der Waals surface area contributed by atoms with Gasteiger partial charge in [-0.1, -0.05) is 29.8 Å². The monoisotopic (exact) mass is 241 g/mol. The number of halogens is 1. The first-order valence-electron chi connectivity index (χ1n) is 4.94. The first-order valence-corrected chi connectivity index (χ1v) is 5.31. The molecular weight excluding hydrogens is 230 g/mol. The van der Waals surface area contributed by atoms with E-state index in [1.165, 1.54) is 4.90 Å². The number of hydrogen-bond acceptors (Lipinski definition) is 3. The molecule has 1 aromatic carbocycles. The Labute approximate surface area is 98.4 Å². The van der Waals surface area contributed by atoms with Crippen LogP contribution in [0.25, 0.3) is 0 Å². The van der Waals surface area contributed by atoms with Gasteiger partial charge in [-0.25, -0.2) is 4.79 Å². The summed E-state index contributed by atoms with van der Waals surface area (Å²) in [7, 11) is 1.58. The summed E-state index contributed by atoms with van der Waals surface area (Å²) in [5.41, 5.74) is 0.637. The number of benzene rings is 1. The van der Waals surface area contributed by atoms with E-state index < -0.39 is 18.3 Å². The van der Waals surface area contributed by atoms with Crippen LogP contribution in [0.15, 0.2) is 24.3 Å². The molecule has 0 aromatic heterocycles. The number of aliphatic hydroxyl groups excluding tert-OH is 1. The second-order valence-electron chi connectivity index (χ2n) is 3.77. The van der Waals surface area contributed by atoms with Gasteiger partial charge in [-0.05, 0) is 6.07 Å². The maximum Gasteiger partial charge on any atom is 0.410 e. The first-order chi connectivity index (χ1) is 7.59. The van der Waals surface area contributed by atoms with Crippen LogP contribution in [0.3, 0.4) is 0 Å². The van der Waals surface area contributed by atoms with Crippen molar-refractivity contribution in [2.24, 2.45) is 0 Å². The molecule has 0 bridgehead atoms. The van der Waals surface area contributed by atoms with Crippen molar-refractivity contribution in [2.45, 2.75) is 12.2 Å². The Morgan fingerprint density at radius 3 is 2.88 bits per heavy atom. The maximum absolute atomic E-state index is 11.4. The molecular formula is C11H12ClNO3. The highest BCUT2D eigenvalue weighted by Crippen LogP contribution is 2.31. The average molecular weight is 242 g/mol. The summed E-state index contributed by atoms with van der Waals surface area (Å²) in [4.78, 5) is 12.7. The van der Waals surface area contributed by atoms with Gasteiger partial charge in [0.2, 0.25) is 0 Å². The molecule has 0 saturated carbocycles. The first kappa shape index (κ1) is 11.2. The molecule has 1 aliphatic rings. The number of cyclic esters (lactones) is 1. The van der Waals surface area contributed by atoms with Gasteiger partial charge in [-0.3, -0.25) is 0 Å². The van der Waals surface area contributed by atoms with Crippen molar-refractivity contribution in [1.29, 1.82) is 0 Å². The Hall–Kier alpha value is -1.26. The van der Waals surface area contributed by atoms with Gasteiger partial charge in [0.15, 0.2) is 6.10 Å². The van der Waals surface area contributed by atoms with E-state index in [-0.39, 0.29) is 6.54 Å². The number of nitrogens with zero attached hydrogens (tertiary/aromatic N) is 1. The SMILES string of the molecule is CN1CC(O)C(c2ccccc2Cl)OC1=O. The quantitative estimate of drug-likeness (QED) is 0.816. The predicted octanol–water partition coefficient (Wildman–Crippen LogP) is 1.82. The summed E-state index contributed by atoms with van der Waals surface area (Å²) in [6.07, 6.45) is -1.89. The summed E-state index contributed by atoms with van der Waals surface area (Å²) in [6.45, 7) is 0.245. The lowest BCUT2D eigenvalue weighted by molar-refractivity contribution is -0.0543. The third kappa shape index (κ3) is 1.99. The van der Waals surface area contributed by atoms with Crippen LogP contribution < -0.4 is 0 Å². The number of hydrogen-bond donors (Lipinski definition) is 1. The molecule has 1 heterocycles. The zero-order valence-electron chi connectivity index (χ0n) is 8.76. The number of likely N-dealkylation sites (N-methyl/N-ethyl adjacent to an activating group) is 1. The summed E-state index contributed by atoms with van der Waals surface area (Å²) in [5.74, 6) is 0. The molecule has 1 aromatic rings. The number of rotatable bonds is 1. The number of carbonyl (C=O) groups is 1. The van der Waals surface area contributed by atoms with Gasteiger partial charge in [0.1, 0.15) is 6.10 Å². The molecule has 5 heteroatoms. The van der Waals surface area contributed by atoms with Gasteiger partial charge in [0.05, 0.1) is 6.54 Å². The van der Waals surface area contributed by atoms with E-state index in [2.05, 4.69) is 0 Å². The Kier molecular flexibility index (Phi) is 3.03. The molecule has 0 aliphatic carbocycles. The van der Waals surface area contributed by atoms with Crippen LogP contribution in [-0.2, 0) is 4.74 Å². The number of ether oxygens (including phenoxy) is 1. The maximum atomic E-state index is 11.4. The third-order valence-electron chi connectivity index (χ3n) is 2.56. The van der Waals surface area contributed by atoms with E-state index in [1.807, 2.05) is 0 Å². The summed E-state index contributed by atoms with van der Waals surface area (Å²) < 4.78 is 5.13.